The number of nitrogens with one attached hydrogen (secondary N) is 1. The van der Waals surface area contributed by atoms with E-state index in [4.69, 9.17) is 3.07 Å². The number of hydrogen-bond donors (Lipinski definition) is 1. The summed E-state index contributed by atoms with van der Waals surface area (Å²) in [6.45, 7) is 3.40. The SMILES string of the molecule is Cc1ccc2nc(NCCOI)ncc2c1. The van der Waals surface area contributed by atoms with Gasteiger partial charge < -0.3 is 8.38 Å². The number of hydrogen-bond acceptors (Lipinski definition) is 4. The van der Waals surface area contributed by atoms with Gasteiger partial charge in [0.1, 0.15) is 23.0 Å². The van der Waals surface area contributed by atoms with Crippen LogP contribution >= 0.6 is 23.0 Å². The van der Waals surface area contributed by atoms with Crippen molar-refractivity contribution in [3.8, 4) is 0 Å². The maximum absolute atomic E-state index is 4.92. The first-order chi connectivity index (χ1) is 7.79. The van der Waals surface area contributed by atoms with E-state index in [0.29, 0.717) is 19.1 Å². The molecule has 1 heterocycles. The summed E-state index contributed by atoms with van der Waals surface area (Å²) in [6.07, 6.45) is 1.84. The topological polar surface area (TPSA) is 47.0 Å². The van der Waals surface area contributed by atoms with Gasteiger partial charge in [-0.2, -0.15) is 0 Å². The van der Waals surface area contributed by atoms with E-state index in [1.54, 1.807) is 0 Å². The van der Waals surface area contributed by atoms with Crippen LogP contribution in [-0.4, -0.2) is 23.1 Å². The fourth-order valence-electron chi connectivity index (χ4n) is 1.44. The fourth-order valence-corrected chi connectivity index (χ4v) is 1.66. The lowest BCUT2D eigenvalue weighted by Crippen LogP contribution is -2.08. The highest BCUT2D eigenvalue weighted by Crippen LogP contribution is 2.14. The molecule has 0 saturated heterocycles. The predicted octanol–water partition coefficient (Wildman–Crippen LogP) is 2.72. The summed E-state index contributed by atoms with van der Waals surface area (Å²) >= 11 is 1.87. The molecule has 0 aliphatic heterocycles. The van der Waals surface area contributed by atoms with Crippen molar-refractivity contribution in [3.63, 3.8) is 0 Å². The van der Waals surface area contributed by atoms with E-state index >= 15 is 0 Å². The van der Waals surface area contributed by atoms with Gasteiger partial charge in [0.05, 0.1) is 12.1 Å². The zero-order valence-electron chi connectivity index (χ0n) is 8.90. The lowest BCUT2D eigenvalue weighted by atomic mass is 10.2. The molecule has 0 amide bonds. The summed E-state index contributed by atoms with van der Waals surface area (Å²) in [5, 5.41) is 4.17. The van der Waals surface area contributed by atoms with Crippen molar-refractivity contribution >= 4 is 39.9 Å². The number of aromatic nitrogens is 2. The molecule has 0 unspecified atom stereocenters. The maximum Gasteiger partial charge on any atom is 0.223 e. The standard InChI is InChI=1S/C11H12IN3O/c1-8-2-3-10-9(6-8)7-14-11(15-10)13-4-5-16-12/h2-3,6-7H,4-5H2,1H3,(H,13,14,15). The number of fused-ring (bicyclic) bond motifs is 1. The molecule has 0 saturated carbocycles. The van der Waals surface area contributed by atoms with Crippen LogP contribution in [0.1, 0.15) is 5.56 Å². The molecule has 0 radical (unpaired) electrons. The van der Waals surface area contributed by atoms with Crippen LogP contribution in [-0.2, 0) is 3.07 Å². The normalized spacial score (nSPS) is 10.6. The number of benzene rings is 1. The van der Waals surface area contributed by atoms with E-state index in [9.17, 15) is 0 Å². The Morgan fingerprint density at radius 2 is 2.31 bits per heavy atom. The Morgan fingerprint density at radius 1 is 1.44 bits per heavy atom. The van der Waals surface area contributed by atoms with Crippen LogP contribution in [0.5, 0.6) is 0 Å². The second kappa shape index (κ2) is 5.40. The highest BCUT2D eigenvalue weighted by atomic mass is 127. The van der Waals surface area contributed by atoms with Crippen molar-refractivity contribution in [1.29, 1.82) is 0 Å². The van der Waals surface area contributed by atoms with Crippen molar-refractivity contribution in [2.45, 2.75) is 6.92 Å². The van der Waals surface area contributed by atoms with Crippen molar-refractivity contribution in [2.75, 3.05) is 18.5 Å². The largest absolute Gasteiger partial charge is 0.352 e. The molecule has 2 rings (SSSR count). The van der Waals surface area contributed by atoms with E-state index in [1.165, 1.54) is 5.56 Å². The Morgan fingerprint density at radius 3 is 3.12 bits per heavy atom. The molecule has 5 heteroatoms. The monoisotopic (exact) mass is 329 g/mol. The molecule has 16 heavy (non-hydrogen) atoms. The van der Waals surface area contributed by atoms with Gasteiger partial charge in [0, 0.05) is 18.1 Å². The number of aryl methyl sites for hydroxylation is 1. The molecule has 0 spiro atoms. The lowest BCUT2D eigenvalue weighted by Gasteiger charge is -2.04. The molecule has 2 aromatic rings. The van der Waals surface area contributed by atoms with Crippen molar-refractivity contribution in [3.05, 3.63) is 30.0 Å². The molecular formula is C11H12IN3O. The highest BCUT2D eigenvalue weighted by molar-refractivity contribution is 14.1. The summed E-state index contributed by atoms with van der Waals surface area (Å²) in [4.78, 5) is 8.65. The van der Waals surface area contributed by atoms with Crippen molar-refractivity contribution in [1.82, 2.24) is 9.97 Å². The molecule has 4 nitrogen and oxygen atoms in total. The van der Waals surface area contributed by atoms with Crippen LogP contribution in [0.25, 0.3) is 10.9 Å². The van der Waals surface area contributed by atoms with E-state index < -0.39 is 0 Å². The number of anilines is 1. The van der Waals surface area contributed by atoms with E-state index in [2.05, 4.69) is 28.3 Å². The van der Waals surface area contributed by atoms with Gasteiger partial charge in [-0.15, -0.1) is 0 Å². The zero-order chi connectivity index (χ0) is 11.4. The summed E-state index contributed by atoms with van der Waals surface area (Å²) in [6, 6.07) is 6.13. The molecule has 0 atom stereocenters. The molecule has 0 aliphatic rings. The molecule has 1 N–H and O–H groups in total. The van der Waals surface area contributed by atoms with Gasteiger partial charge in [0.2, 0.25) is 5.95 Å². The third-order valence-electron chi connectivity index (χ3n) is 2.20. The van der Waals surface area contributed by atoms with Crippen molar-refractivity contribution in [2.24, 2.45) is 0 Å². The average molecular weight is 329 g/mol. The first-order valence-electron chi connectivity index (χ1n) is 5.00. The van der Waals surface area contributed by atoms with Gasteiger partial charge in [-0.3, -0.25) is 0 Å². The number of rotatable bonds is 4. The first kappa shape index (κ1) is 11.5. The lowest BCUT2D eigenvalue weighted by molar-refractivity contribution is 0.446. The first-order valence-corrected chi connectivity index (χ1v) is 5.88. The third-order valence-corrected chi connectivity index (χ3v) is 2.64. The van der Waals surface area contributed by atoms with E-state index in [1.807, 2.05) is 41.3 Å². The van der Waals surface area contributed by atoms with Crippen LogP contribution in [0.15, 0.2) is 24.4 Å². The Labute approximate surface area is 108 Å². The molecule has 0 aliphatic carbocycles. The van der Waals surface area contributed by atoms with Crippen LogP contribution in [0.4, 0.5) is 5.95 Å². The summed E-state index contributed by atoms with van der Waals surface area (Å²) in [5.41, 5.74) is 2.17. The minimum absolute atomic E-state index is 0.635. The Bertz CT molecular complexity index is 490. The highest BCUT2D eigenvalue weighted by Gasteiger charge is 1.99. The van der Waals surface area contributed by atoms with Crippen LogP contribution in [0.2, 0.25) is 0 Å². The summed E-state index contributed by atoms with van der Waals surface area (Å²) in [7, 11) is 0. The molecule has 0 bridgehead atoms. The maximum atomic E-state index is 4.92. The number of halogens is 1. The van der Waals surface area contributed by atoms with Gasteiger partial charge in [0.15, 0.2) is 0 Å². The Kier molecular flexibility index (Phi) is 3.89. The van der Waals surface area contributed by atoms with Gasteiger partial charge >= 0.3 is 0 Å². The van der Waals surface area contributed by atoms with Gasteiger partial charge in [-0.25, -0.2) is 9.97 Å². The van der Waals surface area contributed by atoms with Gasteiger partial charge in [-0.1, -0.05) is 11.6 Å². The van der Waals surface area contributed by atoms with Gasteiger partial charge in [0.25, 0.3) is 0 Å². The summed E-state index contributed by atoms with van der Waals surface area (Å²) < 4.78 is 4.92. The quantitative estimate of drug-likeness (QED) is 0.692. The second-order valence-electron chi connectivity index (χ2n) is 3.50. The Hall–Kier alpha value is -0.950. The van der Waals surface area contributed by atoms with Crippen LogP contribution in [0, 0.1) is 6.92 Å². The molecular weight excluding hydrogens is 317 g/mol. The molecule has 0 fully saturated rings. The smallest absolute Gasteiger partial charge is 0.223 e. The molecule has 84 valence electrons. The second-order valence-corrected chi connectivity index (χ2v) is 4.12. The average Bonchev–Trinajstić information content (AvgIpc) is 2.29. The van der Waals surface area contributed by atoms with Gasteiger partial charge in [-0.05, 0) is 19.1 Å². The van der Waals surface area contributed by atoms with E-state index in [-0.39, 0.29) is 0 Å². The summed E-state index contributed by atoms with van der Waals surface area (Å²) in [5.74, 6) is 0.643. The minimum Gasteiger partial charge on any atom is -0.352 e. The van der Waals surface area contributed by atoms with Crippen LogP contribution in [0.3, 0.4) is 0 Å². The van der Waals surface area contributed by atoms with Crippen LogP contribution < -0.4 is 5.32 Å². The predicted molar refractivity (Wildman–Crippen MR) is 72.7 cm³/mol. The zero-order valence-corrected chi connectivity index (χ0v) is 11.1. The fraction of sp³-hybridized carbons (Fsp3) is 0.273. The van der Waals surface area contributed by atoms with Crippen molar-refractivity contribution < 1.29 is 3.07 Å². The number of nitrogens with zero attached hydrogens (tertiary/aromatic N) is 2. The molecule has 1 aromatic heterocycles. The molecule has 1 aromatic carbocycles. The Balaban J connectivity index is 2.20. The third kappa shape index (κ3) is 2.79. The van der Waals surface area contributed by atoms with E-state index in [0.717, 1.165) is 10.9 Å². The minimum atomic E-state index is 0.635.